The predicted molar refractivity (Wildman–Crippen MR) is 127 cm³/mol. The molecule has 0 saturated carbocycles. The van der Waals surface area contributed by atoms with Gasteiger partial charge in [-0.25, -0.2) is 0 Å². The summed E-state index contributed by atoms with van der Waals surface area (Å²) in [5.74, 6) is 2.52. The molecular formula is C26H30N2O6. The van der Waals surface area contributed by atoms with Gasteiger partial charge in [-0.1, -0.05) is 0 Å². The van der Waals surface area contributed by atoms with Crippen LogP contribution in [-0.4, -0.2) is 63.1 Å². The monoisotopic (exact) mass is 466 g/mol. The second kappa shape index (κ2) is 10.1. The molecule has 2 aromatic carbocycles. The quantitative estimate of drug-likeness (QED) is 0.624. The third-order valence-electron chi connectivity index (χ3n) is 6.38. The highest BCUT2D eigenvalue weighted by Gasteiger charge is 2.25. The van der Waals surface area contributed by atoms with Crippen molar-refractivity contribution in [3.8, 4) is 23.0 Å². The van der Waals surface area contributed by atoms with E-state index >= 15 is 0 Å². The number of fused-ring (bicyclic) bond motifs is 2. The van der Waals surface area contributed by atoms with Gasteiger partial charge >= 0.3 is 0 Å². The topological polar surface area (TPSA) is 77.5 Å². The smallest absolute Gasteiger partial charge is 0.230 e. The number of rotatable bonds is 7. The second-order valence-corrected chi connectivity index (χ2v) is 8.28. The molecule has 2 heterocycles. The summed E-state index contributed by atoms with van der Waals surface area (Å²) in [6.07, 6.45) is 4.86. The number of hydrogen-bond donors (Lipinski definition) is 0. The molecule has 34 heavy (non-hydrogen) atoms. The number of carbonyl (C=O) groups is 2. The Kier molecular flexibility index (Phi) is 6.95. The summed E-state index contributed by atoms with van der Waals surface area (Å²) in [4.78, 5) is 29.3. The minimum atomic E-state index is -0.0594. The van der Waals surface area contributed by atoms with Crippen molar-refractivity contribution >= 4 is 17.9 Å². The fourth-order valence-corrected chi connectivity index (χ4v) is 4.43. The molecule has 0 bridgehead atoms. The fraction of sp³-hybridized carbons (Fsp3) is 0.385. The highest BCUT2D eigenvalue weighted by Crippen LogP contribution is 2.34. The Morgan fingerprint density at radius 3 is 2.09 bits per heavy atom. The first-order valence-electron chi connectivity index (χ1n) is 11.2. The van der Waals surface area contributed by atoms with Crippen LogP contribution in [-0.2, 0) is 29.0 Å². The molecule has 0 atom stereocenters. The molecule has 2 amide bonds. The maximum Gasteiger partial charge on any atom is 0.230 e. The lowest BCUT2D eigenvalue weighted by Crippen LogP contribution is -2.38. The first-order chi connectivity index (χ1) is 16.5. The van der Waals surface area contributed by atoms with E-state index in [2.05, 4.69) is 0 Å². The van der Waals surface area contributed by atoms with E-state index in [-0.39, 0.29) is 24.7 Å². The number of hydrogen-bond acceptors (Lipinski definition) is 6. The predicted octanol–water partition coefficient (Wildman–Crippen LogP) is 3.05. The van der Waals surface area contributed by atoms with Crippen LogP contribution >= 0.6 is 0 Å². The molecule has 8 heteroatoms. The molecule has 0 N–H and O–H groups in total. The third kappa shape index (κ3) is 4.66. The number of methoxy groups -OCH3 is 4. The lowest BCUT2D eigenvalue weighted by Gasteiger charge is -2.30. The lowest BCUT2D eigenvalue weighted by molar-refractivity contribution is -0.133. The molecule has 2 aliphatic heterocycles. The summed E-state index contributed by atoms with van der Waals surface area (Å²) in [5, 5.41) is 0. The highest BCUT2D eigenvalue weighted by atomic mass is 16.5. The molecule has 0 spiro atoms. The molecule has 0 saturated heterocycles. The lowest BCUT2D eigenvalue weighted by atomic mass is 9.98. The van der Waals surface area contributed by atoms with Gasteiger partial charge in [-0.2, -0.15) is 0 Å². The van der Waals surface area contributed by atoms with Crippen LogP contribution < -0.4 is 18.9 Å². The van der Waals surface area contributed by atoms with E-state index in [1.54, 1.807) is 39.5 Å². The van der Waals surface area contributed by atoms with Crippen LogP contribution in [0.1, 0.15) is 28.7 Å². The minimum absolute atomic E-state index is 0.0201. The number of amides is 2. The molecule has 8 nitrogen and oxygen atoms in total. The van der Waals surface area contributed by atoms with Crippen molar-refractivity contribution in [2.45, 2.75) is 25.8 Å². The average Bonchev–Trinajstić information content (AvgIpc) is 3.02. The van der Waals surface area contributed by atoms with Gasteiger partial charge in [0.05, 0.1) is 34.9 Å². The van der Waals surface area contributed by atoms with E-state index in [9.17, 15) is 9.59 Å². The average molecular weight is 467 g/mol. The largest absolute Gasteiger partial charge is 0.493 e. The Morgan fingerprint density at radius 1 is 0.853 bits per heavy atom. The van der Waals surface area contributed by atoms with E-state index in [0.29, 0.717) is 42.6 Å². The van der Waals surface area contributed by atoms with Crippen molar-refractivity contribution in [1.29, 1.82) is 0 Å². The summed E-state index contributed by atoms with van der Waals surface area (Å²) in [5.41, 5.74) is 3.99. The van der Waals surface area contributed by atoms with E-state index in [1.807, 2.05) is 35.2 Å². The van der Waals surface area contributed by atoms with E-state index in [1.165, 1.54) is 0 Å². The molecule has 0 radical (unpaired) electrons. The van der Waals surface area contributed by atoms with Gasteiger partial charge < -0.3 is 28.7 Å². The highest BCUT2D eigenvalue weighted by molar-refractivity contribution is 5.85. The summed E-state index contributed by atoms with van der Waals surface area (Å²) >= 11 is 0. The van der Waals surface area contributed by atoms with Crippen molar-refractivity contribution in [3.63, 3.8) is 0 Å². The van der Waals surface area contributed by atoms with Crippen molar-refractivity contribution in [2.75, 3.05) is 41.5 Å². The van der Waals surface area contributed by atoms with Crippen molar-refractivity contribution < 1.29 is 28.5 Å². The summed E-state index contributed by atoms with van der Waals surface area (Å²) < 4.78 is 21.5. The van der Waals surface area contributed by atoms with Gasteiger partial charge in [0.1, 0.15) is 0 Å². The summed E-state index contributed by atoms with van der Waals surface area (Å²) in [6.45, 7) is 1.48. The van der Waals surface area contributed by atoms with Gasteiger partial charge in [0.15, 0.2) is 23.0 Å². The molecule has 0 unspecified atom stereocenters. The summed E-state index contributed by atoms with van der Waals surface area (Å²) in [6, 6.07) is 7.62. The van der Waals surface area contributed by atoms with Crippen LogP contribution in [0.4, 0.5) is 0 Å². The van der Waals surface area contributed by atoms with Crippen LogP contribution in [0, 0.1) is 0 Å². The summed E-state index contributed by atoms with van der Waals surface area (Å²) in [7, 11) is 6.38. The van der Waals surface area contributed by atoms with Crippen LogP contribution in [0.5, 0.6) is 23.0 Å². The molecule has 0 aliphatic carbocycles. The first kappa shape index (κ1) is 23.5. The van der Waals surface area contributed by atoms with E-state index in [0.717, 1.165) is 28.7 Å². The van der Waals surface area contributed by atoms with Crippen molar-refractivity contribution in [2.24, 2.45) is 0 Å². The number of benzene rings is 2. The van der Waals surface area contributed by atoms with Gasteiger partial charge in [-0.3, -0.25) is 9.59 Å². The molecule has 180 valence electrons. The van der Waals surface area contributed by atoms with Gasteiger partial charge in [-0.15, -0.1) is 0 Å². The third-order valence-corrected chi connectivity index (χ3v) is 6.38. The SMILES string of the molecule is COc1cc2c(cc1OC)CC(=O)N(CCC(=O)N1CCc3cc(OC)c(OC)cc3C1)C=C2. The number of nitrogens with zero attached hydrogens (tertiary/aromatic N) is 2. The molecule has 0 fully saturated rings. The van der Waals surface area contributed by atoms with Crippen molar-refractivity contribution in [3.05, 3.63) is 52.7 Å². The van der Waals surface area contributed by atoms with Crippen LogP contribution in [0.3, 0.4) is 0 Å². The van der Waals surface area contributed by atoms with Gasteiger partial charge in [0, 0.05) is 32.3 Å². The fourth-order valence-electron chi connectivity index (χ4n) is 4.43. The second-order valence-electron chi connectivity index (χ2n) is 8.28. The molecular weight excluding hydrogens is 436 g/mol. The maximum atomic E-state index is 13.0. The van der Waals surface area contributed by atoms with Gasteiger partial charge in [0.25, 0.3) is 0 Å². The van der Waals surface area contributed by atoms with Crippen LogP contribution in [0.15, 0.2) is 30.5 Å². The Morgan fingerprint density at radius 2 is 1.44 bits per heavy atom. The Labute approximate surface area is 199 Å². The molecule has 4 rings (SSSR count). The minimum Gasteiger partial charge on any atom is -0.493 e. The zero-order valence-electron chi connectivity index (χ0n) is 20.1. The Balaban J connectivity index is 1.41. The molecule has 0 aromatic heterocycles. The number of carbonyl (C=O) groups excluding carboxylic acids is 2. The van der Waals surface area contributed by atoms with Gasteiger partial charge in [0.2, 0.25) is 11.8 Å². The number of ether oxygens (including phenoxy) is 4. The molecule has 2 aromatic rings. The zero-order chi connectivity index (χ0) is 24.2. The zero-order valence-corrected chi connectivity index (χ0v) is 20.1. The van der Waals surface area contributed by atoms with E-state index < -0.39 is 0 Å². The molecule has 2 aliphatic rings. The van der Waals surface area contributed by atoms with Crippen LogP contribution in [0.2, 0.25) is 0 Å². The van der Waals surface area contributed by atoms with Gasteiger partial charge in [-0.05, 0) is 59.0 Å². The normalized spacial score (nSPS) is 14.8. The van der Waals surface area contributed by atoms with Crippen molar-refractivity contribution in [1.82, 2.24) is 9.80 Å². The maximum absolute atomic E-state index is 13.0. The van der Waals surface area contributed by atoms with Crippen LogP contribution in [0.25, 0.3) is 6.08 Å². The Bertz CT molecular complexity index is 1130. The Hall–Kier alpha value is -3.68. The van der Waals surface area contributed by atoms with E-state index in [4.69, 9.17) is 18.9 Å². The standard InChI is InChI=1S/C26H30N2O6/c1-31-21-11-17-5-8-27(26(30)15-19(17)13-23(21)33-3)10-7-25(29)28-9-6-18-12-22(32-2)24(34-4)14-20(18)16-28/h5,8,11-14H,6-7,9-10,15-16H2,1-4H3. The first-order valence-corrected chi connectivity index (χ1v) is 11.2.